The van der Waals surface area contributed by atoms with Crippen LogP contribution in [0.4, 0.5) is 5.69 Å². The molecule has 1 aromatic rings. The Labute approximate surface area is 107 Å². The lowest BCUT2D eigenvalue weighted by Crippen LogP contribution is -2.34. The number of aliphatic hydroxyl groups excluding tert-OH is 2. The van der Waals surface area contributed by atoms with Crippen LogP contribution in [-0.4, -0.2) is 37.1 Å². The highest BCUT2D eigenvalue weighted by molar-refractivity contribution is 5.59. The van der Waals surface area contributed by atoms with Gasteiger partial charge in [-0.15, -0.1) is 0 Å². The first kappa shape index (κ1) is 14.3. The number of aliphatic hydroxyl groups is 2. The van der Waals surface area contributed by atoms with Crippen LogP contribution in [0.2, 0.25) is 0 Å². The third kappa shape index (κ3) is 3.36. The second-order valence-electron chi connectivity index (χ2n) is 4.51. The highest BCUT2D eigenvalue weighted by Gasteiger charge is 2.22. The molecule has 98 valence electrons. The van der Waals surface area contributed by atoms with Crippen LogP contribution in [0.3, 0.4) is 0 Å². The van der Waals surface area contributed by atoms with Gasteiger partial charge < -0.3 is 20.3 Å². The van der Waals surface area contributed by atoms with E-state index in [-0.39, 0.29) is 13.2 Å². The van der Waals surface area contributed by atoms with E-state index in [9.17, 15) is 10.2 Å². The molecule has 0 radical (unpaired) electrons. The van der Waals surface area contributed by atoms with E-state index in [2.05, 4.69) is 5.32 Å². The molecule has 1 aromatic carbocycles. The van der Waals surface area contributed by atoms with Gasteiger partial charge in [0.1, 0.15) is 5.75 Å². The molecule has 0 unspecified atom stereocenters. The summed E-state index contributed by atoms with van der Waals surface area (Å²) in [5, 5.41) is 30.3. The summed E-state index contributed by atoms with van der Waals surface area (Å²) in [5.41, 5.74) is 0.646. The largest absolute Gasteiger partial charge is 0.495 e. The molecule has 0 bridgehead atoms. The van der Waals surface area contributed by atoms with E-state index in [4.69, 9.17) is 10.00 Å². The van der Waals surface area contributed by atoms with E-state index < -0.39 is 5.41 Å². The maximum atomic E-state index is 9.20. The van der Waals surface area contributed by atoms with Gasteiger partial charge in [-0.1, -0.05) is 6.92 Å². The summed E-state index contributed by atoms with van der Waals surface area (Å²) >= 11 is 0. The zero-order valence-corrected chi connectivity index (χ0v) is 10.6. The second kappa shape index (κ2) is 6.24. The molecule has 1 rings (SSSR count). The lowest BCUT2D eigenvalue weighted by molar-refractivity contribution is 0.0806. The van der Waals surface area contributed by atoms with Crippen molar-refractivity contribution >= 4 is 5.69 Å². The second-order valence-corrected chi connectivity index (χ2v) is 4.51. The molecule has 0 fully saturated rings. The van der Waals surface area contributed by atoms with Crippen molar-refractivity contribution in [2.75, 3.05) is 32.2 Å². The van der Waals surface area contributed by atoms with E-state index in [1.54, 1.807) is 25.1 Å². The molecule has 5 heteroatoms. The van der Waals surface area contributed by atoms with Crippen molar-refractivity contribution in [1.82, 2.24) is 0 Å². The van der Waals surface area contributed by atoms with Crippen molar-refractivity contribution in [1.29, 1.82) is 5.26 Å². The molecule has 0 aliphatic rings. The third-order valence-electron chi connectivity index (χ3n) is 2.80. The predicted molar refractivity (Wildman–Crippen MR) is 68.5 cm³/mol. The summed E-state index contributed by atoms with van der Waals surface area (Å²) in [5.74, 6) is 0.562. The summed E-state index contributed by atoms with van der Waals surface area (Å²) < 4.78 is 5.18. The SMILES string of the molecule is COc1cc(C#N)ccc1NCC(C)(CO)CO. The van der Waals surface area contributed by atoms with Gasteiger partial charge in [-0.25, -0.2) is 0 Å². The van der Waals surface area contributed by atoms with Crippen LogP contribution in [-0.2, 0) is 0 Å². The molecule has 0 aliphatic heterocycles. The summed E-state index contributed by atoms with van der Waals surface area (Å²) in [7, 11) is 1.53. The Balaban J connectivity index is 2.82. The van der Waals surface area contributed by atoms with Crippen LogP contribution in [0.15, 0.2) is 18.2 Å². The predicted octanol–water partition coefficient (Wildman–Crippen LogP) is 0.970. The zero-order valence-electron chi connectivity index (χ0n) is 10.6. The van der Waals surface area contributed by atoms with Crippen molar-refractivity contribution in [3.8, 4) is 11.8 Å². The van der Waals surface area contributed by atoms with Gasteiger partial charge in [-0.2, -0.15) is 5.26 Å². The summed E-state index contributed by atoms with van der Waals surface area (Å²) in [6.45, 7) is 1.95. The Morgan fingerprint density at radius 2 is 2.06 bits per heavy atom. The number of hydrogen-bond donors (Lipinski definition) is 3. The maximum absolute atomic E-state index is 9.20. The molecule has 0 aromatic heterocycles. The van der Waals surface area contributed by atoms with E-state index in [1.165, 1.54) is 7.11 Å². The average Bonchev–Trinajstić information content (AvgIpc) is 2.44. The fraction of sp³-hybridized carbons (Fsp3) is 0.462. The van der Waals surface area contributed by atoms with Crippen molar-refractivity contribution in [3.05, 3.63) is 23.8 Å². The lowest BCUT2D eigenvalue weighted by Gasteiger charge is -2.25. The van der Waals surface area contributed by atoms with Crippen LogP contribution < -0.4 is 10.1 Å². The Morgan fingerprint density at radius 1 is 1.39 bits per heavy atom. The molecule has 0 spiro atoms. The number of anilines is 1. The first-order valence-electron chi connectivity index (χ1n) is 5.62. The van der Waals surface area contributed by atoms with Gasteiger partial charge in [0.2, 0.25) is 0 Å². The third-order valence-corrected chi connectivity index (χ3v) is 2.80. The number of nitriles is 1. The van der Waals surface area contributed by atoms with E-state index in [0.29, 0.717) is 17.9 Å². The molecular formula is C13H18N2O3. The van der Waals surface area contributed by atoms with Crippen LogP contribution in [0.5, 0.6) is 5.75 Å². The van der Waals surface area contributed by atoms with Crippen molar-refractivity contribution in [3.63, 3.8) is 0 Å². The van der Waals surface area contributed by atoms with Crippen molar-refractivity contribution < 1.29 is 14.9 Å². The van der Waals surface area contributed by atoms with Crippen LogP contribution in [0.1, 0.15) is 12.5 Å². The van der Waals surface area contributed by atoms with Gasteiger partial charge in [0, 0.05) is 18.0 Å². The first-order valence-corrected chi connectivity index (χ1v) is 5.62. The monoisotopic (exact) mass is 250 g/mol. The summed E-state index contributed by atoms with van der Waals surface area (Å²) in [6.07, 6.45) is 0. The molecule has 18 heavy (non-hydrogen) atoms. The minimum atomic E-state index is -0.598. The highest BCUT2D eigenvalue weighted by Crippen LogP contribution is 2.26. The number of methoxy groups -OCH3 is 1. The van der Waals surface area contributed by atoms with E-state index in [0.717, 1.165) is 5.69 Å². The number of nitrogens with one attached hydrogen (secondary N) is 1. The van der Waals surface area contributed by atoms with Crippen LogP contribution in [0.25, 0.3) is 0 Å². The summed E-state index contributed by atoms with van der Waals surface area (Å²) in [4.78, 5) is 0. The number of nitrogens with zero attached hydrogens (tertiary/aromatic N) is 1. The Hall–Kier alpha value is -1.77. The highest BCUT2D eigenvalue weighted by atomic mass is 16.5. The van der Waals surface area contributed by atoms with Gasteiger partial charge in [0.05, 0.1) is 37.6 Å². The van der Waals surface area contributed by atoms with Crippen LogP contribution in [0, 0.1) is 16.7 Å². The van der Waals surface area contributed by atoms with Gasteiger partial charge >= 0.3 is 0 Å². The normalized spacial score (nSPS) is 10.8. The summed E-state index contributed by atoms with van der Waals surface area (Å²) in [6, 6.07) is 7.10. The average molecular weight is 250 g/mol. The van der Waals surface area contributed by atoms with Gasteiger partial charge in [0.25, 0.3) is 0 Å². The van der Waals surface area contributed by atoms with Crippen molar-refractivity contribution in [2.24, 2.45) is 5.41 Å². The topological polar surface area (TPSA) is 85.5 Å². The van der Waals surface area contributed by atoms with Gasteiger partial charge in [-0.05, 0) is 12.1 Å². The number of rotatable bonds is 6. The van der Waals surface area contributed by atoms with Crippen molar-refractivity contribution in [2.45, 2.75) is 6.92 Å². The molecule has 0 atom stereocenters. The fourth-order valence-electron chi connectivity index (χ4n) is 1.38. The van der Waals surface area contributed by atoms with Gasteiger partial charge in [0.15, 0.2) is 0 Å². The fourth-order valence-corrected chi connectivity index (χ4v) is 1.38. The molecule has 3 N–H and O–H groups in total. The molecule has 0 saturated carbocycles. The lowest BCUT2D eigenvalue weighted by atomic mass is 9.93. The minimum absolute atomic E-state index is 0.116. The van der Waals surface area contributed by atoms with E-state index in [1.807, 2.05) is 6.07 Å². The zero-order chi connectivity index (χ0) is 13.6. The maximum Gasteiger partial charge on any atom is 0.143 e. The Bertz CT molecular complexity index is 436. The first-order chi connectivity index (χ1) is 8.58. The molecule has 0 saturated heterocycles. The number of benzene rings is 1. The molecule has 0 heterocycles. The van der Waals surface area contributed by atoms with Gasteiger partial charge in [-0.3, -0.25) is 0 Å². The molecule has 5 nitrogen and oxygen atoms in total. The molecule has 0 amide bonds. The van der Waals surface area contributed by atoms with Crippen LogP contribution >= 0.6 is 0 Å². The number of hydrogen-bond acceptors (Lipinski definition) is 5. The number of ether oxygens (including phenoxy) is 1. The molecule has 0 aliphatic carbocycles. The quantitative estimate of drug-likeness (QED) is 0.700. The molecular weight excluding hydrogens is 232 g/mol. The smallest absolute Gasteiger partial charge is 0.143 e. The standard InChI is InChI=1S/C13H18N2O3/c1-13(8-16,9-17)7-15-11-4-3-10(6-14)5-12(11)18-2/h3-5,15-17H,7-9H2,1-2H3. The Kier molecular flexibility index (Phi) is 4.95. The Morgan fingerprint density at radius 3 is 2.56 bits per heavy atom. The van der Waals surface area contributed by atoms with E-state index >= 15 is 0 Å². The minimum Gasteiger partial charge on any atom is -0.495 e.